The zero-order valence-corrected chi connectivity index (χ0v) is 5.09. The van der Waals surface area contributed by atoms with Crippen LogP contribution in [0.3, 0.4) is 0 Å². The molecule has 0 aliphatic carbocycles. The van der Waals surface area contributed by atoms with Gasteiger partial charge in [-0.25, -0.2) is 0 Å². The normalized spacial score (nSPS) is 7.09. The van der Waals surface area contributed by atoms with Crippen LogP contribution in [0.25, 0.3) is 0 Å². The molecule has 3 nitrogen and oxygen atoms in total. The zero-order valence-electron chi connectivity index (χ0n) is 5.09. The molecule has 0 unspecified atom stereocenters. The maximum absolute atomic E-state index is 8.09. The Morgan fingerprint density at radius 3 is 1.82 bits per heavy atom. The summed E-state index contributed by atoms with van der Waals surface area (Å²) in [6.07, 6.45) is 0. The van der Waals surface area contributed by atoms with E-state index in [1.165, 1.54) is 0 Å². The molecule has 74 valence electrons. The summed E-state index contributed by atoms with van der Waals surface area (Å²) in [4.78, 5) is 0. The van der Waals surface area contributed by atoms with Crippen molar-refractivity contribution in [2.75, 3.05) is 26.6 Å². The molecule has 0 fully saturated rings. The molecule has 0 bridgehead atoms. The van der Waals surface area contributed by atoms with Gasteiger partial charge in [-0.2, -0.15) is 0 Å². The van der Waals surface area contributed by atoms with Crippen LogP contribution in [0.5, 0.6) is 0 Å². The standard InChI is InChI=1S/C5H12O3.3CH4/c1-2-7-3-4-8-5-6;;;/h6H,2-5H2,1H3;3*1H4. The Hall–Kier alpha value is -0.120. The van der Waals surface area contributed by atoms with Gasteiger partial charge in [0, 0.05) is 6.61 Å². The predicted molar refractivity (Wildman–Crippen MR) is 49.7 cm³/mol. The maximum Gasteiger partial charge on any atom is 0.143 e. The van der Waals surface area contributed by atoms with E-state index in [-0.39, 0.29) is 29.1 Å². The Kier molecular flexibility index (Phi) is 46.0. The minimum atomic E-state index is -0.215. The highest BCUT2D eigenvalue weighted by molar-refractivity contribution is 4.22. The van der Waals surface area contributed by atoms with Crippen molar-refractivity contribution in [2.45, 2.75) is 29.2 Å². The summed E-state index contributed by atoms with van der Waals surface area (Å²) >= 11 is 0. The molecule has 0 saturated carbocycles. The third kappa shape index (κ3) is 25.8. The average Bonchev–Trinajstić information content (AvgIpc) is 1.81. The van der Waals surface area contributed by atoms with Gasteiger partial charge in [0.1, 0.15) is 6.79 Å². The van der Waals surface area contributed by atoms with Crippen molar-refractivity contribution in [1.29, 1.82) is 0 Å². The number of ether oxygens (including phenoxy) is 2. The molecule has 0 heterocycles. The lowest BCUT2D eigenvalue weighted by Crippen LogP contribution is -2.03. The summed E-state index contributed by atoms with van der Waals surface area (Å²) in [5.74, 6) is 0. The van der Waals surface area contributed by atoms with E-state index in [0.29, 0.717) is 19.8 Å². The van der Waals surface area contributed by atoms with Gasteiger partial charge in [0.2, 0.25) is 0 Å². The fraction of sp³-hybridized carbons (Fsp3) is 1.00. The first-order chi connectivity index (χ1) is 3.91. The third-order valence-corrected chi connectivity index (χ3v) is 0.667. The van der Waals surface area contributed by atoms with Gasteiger partial charge >= 0.3 is 0 Å². The first-order valence-electron chi connectivity index (χ1n) is 2.68. The van der Waals surface area contributed by atoms with Crippen LogP contribution in [-0.2, 0) is 9.47 Å². The molecule has 11 heavy (non-hydrogen) atoms. The zero-order chi connectivity index (χ0) is 6.24. The van der Waals surface area contributed by atoms with Crippen molar-refractivity contribution in [1.82, 2.24) is 0 Å². The van der Waals surface area contributed by atoms with E-state index < -0.39 is 0 Å². The lowest BCUT2D eigenvalue weighted by molar-refractivity contribution is -0.0276. The molecule has 3 heteroatoms. The Labute approximate surface area is 71.3 Å². The Morgan fingerprint density at radius 2 is 1.45 bits per heavy atom. The van der Waals surface area contributed by atoms with Crippen molar-refractivity contribution < 1.29 is 14.6 Å². The highest BCUT2D eigenvalue weighted by Gasteiger charge is 1.81. The van der Waals surface area contributed by atoms with Crippen LogP contribution in [0.4, 0.5) is 0 Å². The Morgan fingerprint density at radius 1 is 1.00 bits per heavy atom. The van der Waals surface area contributed by atoms with E-state index in [0.717, 1.165) is 0 Å². The van der Waals surface area contributed by atoms with Gasteiger partial charge in [0.05, 0.1) is 13.2 Å². The van der Waals surface area contributed by atoms with Crippen LogP contribution in [-0.4, -0.2) is 31.7 Å². The lowest BCUT2D eigenvalue weighted by atomic mass is 10.7. The van der Waals surface area contributed by atoms with E-state index in [9.17, 15) is 0 Å². The molecule has 0 aromatic heterocycles. The molecule has 0 amide bonds. The monoisotopic (exact) mass is 168 g/mol. The summed E-state index contributed by atoms with van der Waals surface area (Å²) in [6.45, 7) is 3.45. The highest BCUT2D eigenvalue weighted by Crippen LogP contribution is 1.74. The molecule has 0 aromatic carbocycles. The first kappa shape index (κ1) is 22.4. The molecule has 0 rings (SSSR count). The molecular weight excluding hydrogens is 144 g/mol. The molecule has 0 radical (unpaired) electrons. The van der Waals surface area contributed by atoms with Gasteiger partial charge in [-0.15, -0.1) is 0 Å². The van der Waals surface area contributed by atoms with Gasteiger partial charge in [-0.05, 0) is 6.92 Å². The smallest absolute Gasteiger partial charge is 0.143 e. The topological polar surface area (TPSA) is 38.7 Å². The van der Waals surface area contributed by atoms with E-state index in [2.05, 4.69) is 4.74 Å². The van der Waals surface area contributed by atoms with Crippen molar-refractivity contribution in [3.05, 3.63) is 0 Å². The number of aliphatic hydroxyl groups is 1. The van der Waals surface area contributed by atoms with Crippen molar-refractivity contribution in [3.63, 3.8) is 0 Å². The van der Waals surface area contributed by atoms with Gasteiger partial charge in [-0.3, -0.25) is 0 Å². The quantitative estimate of drug-likeness (QED) is 0.503. The first-order valence-corrected chi connectivity index (χ1v) is 2.68. The van der Waals surface area contributed by atoms with Crippen LogP contribution in [0.1, 0.15) is 29.2 Å². The van der Waals surface area contributed by atoms with Crippen molar-refractivity contribution >= 4 is 0 Å². The van der Waals surface area contributed by atoms with Crippen LogP contribution >= 0.6 is 0 Å². The molecule has 0 spiro atoms. The van der Waals surface area contributed by atoms with Crippen molar-refractivity contribution in [3.8, 4) is 0 Å². The Bertz CT molecular complexity index is 34.3. The van der Waals surface area contributed by atoms with Gasteiger partial charge in [0.15, 0.2) is 0 Å². The predicted octanol–water partition coefficient (Wildman–Crippen LogP) is 1.90. The number of hydrogen-bond acceptors (Lipinski definition) is 3. The summed E-state index contributed by atoms with van der Waals surface area (Å²) in [5.41, 5.74) is 0. The molecule has 0 aromatic rings. The van der Waals surface area contributed by atoms with E-state index >= 15 is 0 Å². The second kappa shape index (κ2) is 22.5. The average molecular weight is 168 g/mol. The summed E-state index contributed by atoms with van der Waals surface area (Å²) in [7, 11) is 0. The van der Waals surface area contributed by atoms with Crippen molar-refractivity contribution in [2.24, 2.45) is 0 Å². The molecule has 0 atom stereocenters. The van der Waals surface area contributed by atoms with Crippen LogP contribution in [0.2, 0.25) is 0 Å². The Balaban J connectivity index is -0.0000000817. The van der Waals surface area contributed by atoms with Crippen LogP contribution in [0.15, 0.2) is 0 Å². The van der Waals surface area contributed by atoms with E-state index in [1.54, 1.807) is 0 Å². The molecule has 1 N–H and O–H groups in total. The van der Waals surface area contributed by atoms with E-state index in [1.807, 2.05) is 6.92 Å². The number of hydrogen-bond donors (Lipinski definition) is 1. The third-order valence-electron chi connectivity index (χ3n) is 0.667. The fourth-order valence-corrected chi connectivity index (χ4v) is 0.327. The highest BCUT2D eigenvalue weighted by atomic mass is 16.6. The second-order valence-corrected chi connectivity index (χ2v) is 1.23. The summed E-state index contributed by atoms with van der Waals surface area (Å²) in [5, 5.41) is 8.09. The largest absolute Gasteiger partial charge is 0.379 e. The van der Waals surface area contributed by atoms with Crippen LogP contribution < -0.4 is 0 Å². The minimum absolute atomic E-state index is 0. The number of aliphatic hydroxyl groups excluding tert-OH is 1. The summed E-state index contributed by atoms with van der Waals surface area (Å²) < 4.78 is 9.47. The SMILES string of the molecule is C.C.C.CCOCCOCO. The second-order valence-electron chi connectivity index (χ2n) is 1.23. The van der Waals surface area contributed by atoms with Crippen LogP contribution in [0, 0.1) is 0 Å². The fourth-order valence-electron chi connectivity index (χ4n) is 0.327. The number of rotatable bonds is 5. The summed E-state index contributed by atoms with van der Waals surface area (Å²) in [6, 6.07) is 0. The molecule has 0 aliphatic rings. The minimum Gasteiger partial charge on any atom is -0.379 e. The molecule has 0 saturated heterocycles. The van der Waals surface area contributed by atoms with Gasteiger partial charge in [0.25, 0.3) is 0 Å². The van der Waals surface area contributed by atoms with E-state index in [4.69, 9.17) is 9.84 Å². The molecule has 0 aliphatic heterocycles. The lowest BCUT2D eigenvalue weighted by Gasteiger charge is -1.98. The molecular formula is C8H24O3. The van der Waals surface area contributed by atoms with Gasteiger partial charge in [-0.1, -0.05) is 22.3 Å². The maximum atomic E-state index is 8.09. The van der Waals surface area contributed by atoms with Gasteiger partial charge < -0.3 is 14.6 Å².